The summed E-state index contributed by atoms with van der Waals surface area (Å²) < 4.78 is 0. The molecule has 1 aliphatic heterocycles. The predicted molar refractivity (Wildman–Crippen MR) is 57.1 cm³/mol. The fourth-order valence-electron chi connectivity index (χ4n) is 2.67. The molecule has 0 aromatic heterocycles. The highest BCUT2D eigenvalue weighted by molar-refractivity contribution is 6.02. The maximum Gasteiger partial charge on any atom is 0.327 e. The normalized spacial score (nSPS) is 29.6. The summed E-state index contributed by atoms with van der Waals surface area (Å²) >= 11 is 0. The first-order valence-electron chi connectivity index (χ1n) is 5.89. The maximum absolute atomic E-state index is 11.5. The van der Waals surface area contributed by atoms with E-state index in [2.05, 4.69) is 4.84 Å². The van der Waals surface area contributed by atoms with Crippen LogP contribution in [0.4, 0.5) is 0 Å². The zero-order valence-corrected chi connectivity index (χ0v) is 9.55. The summed E-state index contributed by atoms with van der Waals surface area (Å²) in [5.74, 6) is 4.08. The second-order valence-electron chi connectivity index (χ2n) is 4.60. The van der Waals surface area contributed by atoms with E-state index >= 15 is 0 Å². The van der Waals surface area contributed by atoms with Gasteiger partial charge in [-0.05, 0) is 25.7 Å². The smallest absolute Gasteiger partial charge is 0.327 e. The van der Waals surface area contributed by atoms with Crippen LogP contribution >= 0.6 is 0 Å². The number of carbonyl (C=O) groups is 3. The molecule has 0 atom stereocenters. The van der Waals surface area contributed by atoms with Crippen molar-refractivity contribution in [1.82, 2.24) is 4.90 Å². The molecule has 6 heteroatoms. The summed E-state index contributed by atoms with van der Waals surface area (Å²) in [6, 6.07) is -0.0423. The van der Waals surface area contributed by atoms with E-state index in [0.717, 1.165) is 0 Å². The Labute approximate surface area is 99.0 Å². The first kappa shape index (κ1) is 12.0. The molecule has 1 heterocycles. The van der Waals surface area contributed by atoms with Crippen molar-refractivity contribution in [3.05, 3.63) is 0 Å². The van der Waals surface area contributed by atoms with E-state index < -0.39 is 5.97 Å². The lowest BCUT2D eigenvalue weighted by atomic mass is 9.85. The number of hydrogen-bond donors (Lipinski definition) is 1. The molecule has 2 N–H and O–H groups in total. The van der Waals surface area contributed by atoms with E-state index in [0.29, 0.717) is 38.5 Å². The van der Waals surface area contributed by atoms with Crippen molar-refractivity contribution in [3.8, 4) is 0 Å². The minimum atomic E-state index is -0.400. The second-order valence-corrected chi connectivity index (χ2v) is 4.60. The minimum Gasteiger partial charge on any atom is -0.373 e. The Hall–Kier alpha value is -1.43. The van der Waals surface area contributed by atoms with E-state index in [-0.39, 0.29) is 23.8 Å². The lowest BCUT2D eigenvalue weighted by molar-refractivity contribution is -0.151. The van der Waals surface area contributed by atoms with Crippen LogP contribution < -0.4 is 5.90 Å². The summed E-state index contributed by atoms with van der Waals surface area (Å²) in [5, 5.41) is 0. The third-order valence-electron chi connectivity index (χ3n) is 3.60. The lowest BCUT2D eigenvalue weighted by Crippen LogP contribution is -2.42. The SMILES string of the molecule is NOC(=O)C1CCC(N2C(=O)CCC2=O)CC1. The Bertz CT molecular complexity index is 331. The van der Waals surface area contributed by atoms with E-state index in [1.807, 2.05) is 0 Å². The summed E-state index contributed by atoms with van der Waals surface area (Å²) in [6.45, 7) is 0. The number of amides is 2. The first-order chi connectivity index (χ1) is 8.13. The van der Waals surface area contributed by atoms with Gasteiger partial charge in [-0.3, -0.25) is 19.3 Å². The second kappa shape index (κ2) is 4.83. The number of nitrogens with zero attached hydrogens (tertiary/aromatic N) is 1. The number of imide groups is 1. The number of rotatable bonds is 2. The quantitative estimate of drug-likeness (QED) is 0.546. The molecular weight excluding hydrogens is 224 g/mol. The zero-order valence-electron chi connectivity index (χ0n) is 9.55. The Morgan fingerprint density at radius 1 is 1.12 bits per heavy atom. The number of carbonyl (C=O) groups excluding carboxylic acids is 3. The molecule has 2 amide bonds. The van der Waals surface area contributed by atoms with Gasteiger partial charge in [0.1, 0.15) is 0 Å². The van der Waals surface area contributed by atoms with Crippen LogP contribution in [-0.4, -0.2) is 28.7 Å². The van der Waals surface area contributed by atoms with Gasteiger partial charge in [-0.1, -0.05) is 0 Å². The molecule has 0 radical (unpaired) electrons. The Balaban J connectivity index is 1.93. The van der Waals surface area contributed by atoms with Crippen molar-refractivity contribution < 1.29 is 19.2 Å². The fourth-order valence-corrected chi connectivity index (χ4v) is 2.67. The van der Waals surface area contributed by atoms with Gasteiger partial charge in [-0.2, -0.15) is 5.90 Å². The summed E-state index contributed by atoms with van der Waals surface area (Å²) in [5.41, 5.74) is 0. The minimum absolute atomic E-state index is 0.0423. The molecule has 0 bridgehead atoms. The number of nitrogens with two attached hydrogens (primary N) is 1. The largest absolute Gasteiger partial charge is 0.373 e. The highest BCUT2D eigenvalue weighted by atomic mass is 16.7. The van der Waals surface area contributed by atoms with Gasteiger partial charge >= 0.3 is 5.97 Å². The van der Waals surface area contributed by atoms with Crippen LogP contribution in [0, 0.1) is 5.92 Å². The van der Waals surface area contributed by atoms with Crippen LogP contribution in [0.1, 0.15) is 38.5 Å². The van der Waals surface area contributed by atoms with Crippen LogP contribution in [-0.2, 0) is 19.2 Å². The van der Waals surface area contributed by atoms with Crippen molar-refractivity contribution in [2.45, 2.75) is 44.6 Å². The summed E-state index contributed by atoms with van der Waals surface area (Å²) in [6.07, 6.45) is 3.22. The molecule has 94 valence electrons. The van der Waals surface area contributed by atoms with Crippen molar-refractivity contribution >= 4 is 17.8 Å². The summed E-state index contributed by atoms with van der Waals surface area (Å²) in [4.78, 5) is 39.9. The monoisotopic (exact) mass is 240 g/mol. The van der Waals surface area contributed by atoms with Crippen LogP contribution in [0.15, 0.2) is 0 Å². The Morgan fingerprint density at radius 2 is 1.65 bits per heavy atom. The van der Waals surface area contributed by atoms with E-state index in [9.17, 15) is 14.4 Å². The van der Waals surface area contributed by atoms with Gasteiger partial charge in [-0.15, -0.1) is 0 Å². The third-order valence-corrected chi connectivity index (χ3v) is 3.60. The molecule has 6 nitrogen and oxygen atoms in total. The van der Waals surface area contributed by atoms with Crippen LogP contribution in [0.25, 0.3) is 0 Å². The maximum atomic E-state index is 11.5. The van der Waals surface area contributed by atoms with Crippen LogP contribution in [0.5, 0.6) is 0 Å². The molecule has 0 aromatic carbocycles. The standard InChI is InChI=1S/C11H16N2O4/c12-17-11(16)7-1-3-8(4-2-7)13-9(14)5-6-10(13)15/h7-8H,1-6,12H2. The molecule has 2 aliphatic rings. The van der Waals surface area contributed by atoms with E-state index in [4.69, 9.17) is 5.90 Å². The Morgan fingerprint density at radius 3 is 2.12 bits per heavy atom. The van der Waals surface area contributed by atoms with Gasteiger partial charge < -0.3 is 4.84 Å². The predicted octanol–water partition coefficient (Wildman–Crippen LogP) is 0.111. The Kier molecular flexibility index (Phi) is 3.42. The van der Waals surface area contributed by atoms with Gasteiger partial charge in [0.2, 0.25) is 11.8 Å². The topological polar surface area (TPSA) is 89.7 Å². The van der Waals surface area contributed by atoms with Crippen molar-refractivity contribution in [1.29, 1.82) is 0 Å². The highest BCUT2D eigenvalue weighted by Gasteiger charge is 2.38. The molecule has 2 fully saturated rings. The number of likely N-dealkylation sites (tertiary alicyclic amines) is 1. The van der Waals surface area contributed by atoms with E-state index in [1.54, 1.807) is 0 Å². The molecule has 1 saturated carbocycles. The van der Waals surface area contributed by atoms with Gasteiger partial charge in [0.25, 0.3) is 0 Å². The lowest BCUT2D eigenvalue weighted by Gasteiger charge is -2.32. The molecule has 2 rings (SSSR count). The molecule has 1 saturated heterocycles. The average molecular weight is 240 g/mol. The fraction of sp³-hybridized carbons (Fsp3) is 0.727. The van der Waals surface area contributed by atoms with Gasteiger partial charge in [0, 0.05) is 18.9 Å². The van der Waals surface area contributed by atoms with Gasteiger partial charge in [0.05, 0.1) is 5.92 Å². The van der Waals surface area contributed by atoms with Gasteiger partial charge in [-0.25, -0.2) is 0 Å². The van der Waals surface area contributed by atoms with Crippen LogP contribution in [0.3, 0.4) is 0 Å². The third kappa shape index (κ3) is 2.31. The van der Waals surface area contributed by atoms with Crippen molar-refractivity contribution in [3.63, 3.8) is 0 Å². The molecule has 0 spiro atoms. The molecular formula is C11H16N2O4. The zero-order chi connectivity index (χ0) is 12.4. The number of hydrogen-bond acceptors (Lipinski definition) is 5. The summed E-state index contributed by atoms with van der Waals surface area (Å²) in [7, 11) is 0. The average Bonchev–Trinajstić information content (AvgIpc) is 2.68. The van der Waals surface area contributed by atoms with Gasteiger partial charge in [0.15, 0.2) is 0 Å². The molecule has 17 heavy (non-hydrogen) atoms. The highest BCUT2D eigenvalue weighted by Crippen LogP contribution is 2.30. The van der Waals surface area contributed by atoms with Crippen molar-refractivity contribution in [2.24, 2.45) is 11.8 Å². The molecule has 1 aliphatic carbocycles. The van der Waals surface area contributed by atoms with Crippen molar-refractivity contribution in [2.75, 3.05) is 0 Å². The van der Waals surface area contributed by atoms with Crippen LogP contribution in [0.2, 0.25) is 0 Å². The van der Waals surface area contributed by atoms with E-state index in [1.165, 1.54) is 4.90 Å². The first-order valence-corrected chi connectivity index (χ1v) is 5.89. The molecule has 0 aromatic rings. The molecule has 0 unspecified atom stereocenters.